The molecule has 4 nitrogen and oxygen atoms in total. The zero-order chi connectivity index (χ0) is 43.4. The lowest BCUT2D eigenvalue weighted by molar-refractivity contribution is -0.688. The maximum absolute atomic E-state index is 7.47. The Labute approximate surface area is 362 Å². The lowest BCUT2D eigenvalue weighted by Crippen LogP contribution is -2.34. The third-order valence-corrected chi connectivity index (χ3v) is 13.3. The Morgan fingerprint density at radius 1 is 0.750 bits per heavy atom. The number of allylic oxidation sites excluding steroid dienone is 7. The molecule has 0 radical (unpaired) electrons. The topological polar surface area (TPSA) is 19.4 Å². The van der Waals surface area contributed by atoms with Crippen molar-refractivity contribution < 1.29 is 13.9 Å². The van der Waals surface area contributed by atoms with E-state index in [-0.39, 0.29) is 27.8 Å². The van der Waals surface area contributed by atoms with Gasteiger partial charge in [0.25, 0.3) is 0 Å². The van der Waals surface area contributed by atoms with Gasteiger partial charge < -0.3 is 9.64 Å². The molecule has 3 aromatic carbocycles. The summed E-state index contributed by atoms with van der Waals surface area (Å²) < 4.78 is 12.2. The number of hydrogen-bond acceptors (Lipinski definition) is 2. The van der Waals surface area contributed by atoms with Crippen molar-refractivity contribution in [1.82, 2.24) is 0 Å². The smallest absolute Gasteiger partial charge is 0.209 e. The van der Waals surface area contributed by atoms with Gasteiger partial charge in [0.1, 0.15) is 18.4 Å². The molecule has 0 amide bonds. The fraction of sp³-hybridized carbons (Fsp3) is 0.429. The lowest BCUT2D eigenvalue weighted by atomic mass is 9.80. The minimum atomic E-state index is -0.157. The number of hydrogen-bond donors (Lipinski definition) is 0. The third-order valence-electron chi connectivity index (χ3n) is 13.3. The summed E-state index contributed by atoms with van der Waals surface area (Å²) in [6, 6.07) is 27.5. The molecule has 0 spiro atoms. The highest BCUT2D eigenvalue weighted by Gasteiger charge is 2.44. The van der Waals surface area contributed by atoms with Gasteiger partial charge in [-0.15, -0.1) is 0 Å². The van der Waals surface area contributed by atoms with E-state index in [2.05, 4.69) is 220 Å². The van der Waals surface area contributed by atoms with E-state index in [9.17, 15) is 0 Å². The molecule has 0 saturated carbocycles. The molecular formula is C56H71N3O+2. The molecule has 4 aromatic rings. The fourth-order valence-electron chi connectivity index (χ4n) is 9.72. The van der Waals surface area contributed by atoms with Gasteiger partial charge in [-0.25, -0.2) is 4.57 Å². The Kier molecular flexibility index (Phi) is 11.6. The van der Waals surface area contributed by atoms with Gasteiger partial charge in [0, 0.05) is 69.7 Å². The second kappa shape index (κ2) is 16.1. The Morgan fingerprint density at radius 3 is 2.02 bits per heavy atom. The van der Waals surface area contributed by atoms with Crippen molar-refractivity contribution in [3.05, 3.63) is 171 Å². The molecule has 3 aliphatic rings. The number of nitrogens with zero attached hydrogens (tertiary/aromatic N) is 3. The van der Waals surface area contributed by atoms with Gasteiger partial charge in [-0.3, -0.25) is 0 Å². The molecule has 2 aliphatic heterocycles. The van der Waals surface area contributed by atoms with Crippen LogP contribution >= 0.6 is 0 Å². The van der Waals surface area contributed by atoms with Crippen LogP contribution in [0.25, 0.3) is 0 Å². The van der Waals surface area contributed by atoms with Gasteiger partial charge in [0.15, 0.2) is 24.7 Å². The molecule has 0 bridgehead atoms. The van der Waals surface area contributed by atoms with E-state index in [0.717, 1.165) is 38.2 Å². The quantitative estimate of drug-likeness (QED) is 0.149. The Balaban J connectivity index is 1.27. The highest BCUT2D eigenvalue weighted by molar-refractivity contribution is 6.03. The molecule has 60 heavy (non-hydrogen) atoms. The lowest BCUT2D eigenvalue weighted by Gasteiger charge is -2.32. The zero-order valence-electron chi connectivity index (χ0n) is 39.3. The van der Waals surface area contributed by atoms with Crippen molar-refractivity contribution in [1.29, 1.82) is 0 Å². The highest BCUT2D eigenvalue weighted by atomic mass is 16.5. The molecule has 3 heterocycles. The van der Waals surface area contributed by atoms with Crippen LogP contribution in [0.2, 0.25) is 0 Å². The van der Waals surface area contributed by atoms with Crippen molar-refractivity contribution in [2.75, 3.05) is 18.0 Å². The average Bonchev–Trinajstić information content (AvgIpc) is 3.74. The minimum Gasteiger partial charge on any atom is -0.485 e. The summed E-state index contributed by atoms with van der Waals surface area (Å²) in [5, 5.41) is 0. The molecule has 314 valence electrons. The first-order valence-corrected chi connectivity index (χ1v) is 22.5. The maximum Gasteiger partial charge on any atom is 0.209 e. The van der Waals surface area contributed by atoms with E-state index >= 15 is 0 Å². The number of benzene rings is 3. The first-order valence-electron chi connectivity index (χ1n) is 22.5. The van der Waals surface area contributed by atoms with Crippen LogP contribution in [0.5, 0.6) is 0 Å². The normalized spacial score (nSPS) is 19.3. The molecule has 4 heteroatoms. The average molecular weight is 802 g/mol. The number of aromatic nitrogens is 1. The number of ether oxygens (including phenoxy) is 1. The van der Waals surface area contributed by atoms with Gasteiger partial charge in [0.05, 0.1) is 5.41 Å². The number of likely N-dealkylation sites (N-methyl/N-ethyl adjacent to an activating group) is 1. The predicted molar refractivity (Wildman–Crippen MR) is 253 cm³/mol. The predicted octanol–water partition coefficient (Wildman–Crippen LogP) is 13.4. The van der Waals surface area contributed by atoms with E-state index in [1.165, 1.54) is 72.9 Å². The van der Waals surface area contributed by atoms with E-state index < -0.39 is 0 Å². The minimum absolute atomic E-state index is 0.107. The monoisotopic (exact) mass is 802 g/mol. The second-order valence-electron chi connectivity index (χ2n) is 20.7. The Bertz CT molecular complexity index is 2420. The van der Waals surface area contributed by atoms with E-state index in [4.69, 9.17) is 4.74 Å². The van der Waals surface area contributed by atoms with Crippen LogP contribution in [-0.2, 0) is 27.5 Å². The van der Waals surface area contributed by atoms with Gasteiger partial charge in [-0.1, -0.05) is 115 Å². The van der Waals surface area contributed by atoms with Crippen molar-refractivity contribution in [2.45, 2.75) is 139 Å². The van der Waals surface area contributed by atoms with E-state index in [1.54, 1.807) is 0 Å². The second-order valence-corrected chi connectivity index (χ2v) is 20.7. The summed E-state index contributed by atoms with van der Waals surface area (Å²) in [6.45, 7) is 34.8. The van der Waals surface area contributed by atoms with Gasteiger partial charge in [-0.05, 0) is 106 Å². The maximum atomic E-state index is 7.47. The van der Waals surface area contributed by atoms with Crippen molar-refractivity contribution in [3.8, 4) is 0 Å². The van der Waals surface area contributed by atoms with Crippen LogP contribution in [-0.4, -0.2) is 23.4 Å². The largest absolute Gasteiger partial charge is 0.485 e. The first-order chi connectivity index (χ1) is 28.2. The zero-order valence-corrected chi connectivity index (χ0v) is 39.3. The molecule has 1 aromatic heterocycles. The van der Waals surface area contributed by atoms with Crippen LogP contribution in [0.15, 0.2) is 132 Å². The summed E-state index contributed by atoms with van der Waals surface area (Å²) >= 11 is 0. The fourth-order valence-corrected chi connectivity index (χ4v) is 9.72. The molecule has 0 fully saturated rings. The van der Waals surface area contributed by atoms with Crippen LogP contribution in [0.1, 0.15) is 141 Å². The van der Waals surface area contributed by atoms with Crippen molar-refractivity contribution >= 4 is 17.1 Å². The number of fused-ring (bicyclic) bond motifs is 2. The molecule has 7 rings (SSSR count). The molecular weight excluding hydrogens is 731 g/mol. The van der Waals surface area contributed by atoms with E-state index in [0.29, 0.717) is 0 Å². The number of aryl methyl sites for hydroxylation is 2. The van der Waals surface area contributed by atoms with Crippen molar-refractivity contribution in [3.63, 3.8) is 0 Å². The van der Waals surface area contributed by atoms with Gasteiger partial charge >= 0.3 is 0 Å². The Morgan fingerprint density at radius 2 is 1.40 bits per heavy atom. The highest BCUT2D eigenvalue weighted by Crippen LogP contribution is 2.49. The summed E-state index contributed by atoms with van der Waals surface area (Å²) in [5.74, 6) is 1.03. The molecule has 0 saturated heterocycles. The summed E-state index contributed by atoms with van der Waals surface area (Å²) in [6.07, 6.45) is 15.7. The molecule has 0 N–H and O–H groups in total. The van der Waals surface area contributed by atoms with Gasteiger partial charge in [-0.2, -0.15) is 4.58 Å². The van der Waals surface area contributed by atoms with Crippen LogP contribution < -0.4 is 9.47 Å². The number of pyridine rings is 1. The van der Waals surface area contributed by atoms with Crippen LogP contribution in [0.3, 0.4) is 0 Å². The Hall–Kier alpha value is -4.96. The van der Waals surface area contributed by atoms with E-state index in [1.807, 2.05) is 0 Å². The van der Waals surface area contributed by atoms with Crippen molar-refractivity contribution in [2.24, 2.45) is 5.41 Å². The SMILES string of the molecule is CCN1/C(=C/C=C2\CCC(/C=C/C3=[N+](CC)c4ccc(C)cc4C3(C)C)=C2OC(c2cc[n+](Cc3ccc(C(C)(C)C)cc3)cc2)C(C)(C)C)C(C)(C)c2cc(C)ccc21. The first kappa shape index (κ1) is 43.1. The summed E-state index contributed by atoms with van der Waals surface area (Å²) in [7, 11) is 0. The summed E-state index contributed by atoms with van der Waals surface area (Å²) in [5.41, 5.74) is 16.9. The third kappa shape index (κ3) is 8.24. The molecule has 1 aliphatic carbocycles. The van der Waals surface area contributed by atoms with Gasteiger partial charge in [0.2, 0.25) is 5.69 Å². The molecule has 1 unspecified atom stereocenters. The number of rotatable bonds is 10. The summed E-state index contributed by atoms with van der Waals surface area (Å²) in [4.78, 5) is 2.50. The number of anilines is 1. The van der Waals surface area contributed by atoms with Crippen LogP contribution in [0.4, 0.5) is 11.4 Å². The van der Waals surface area contributed by atoms with Crippen LogP contribution in [0, 0.1) is 19.3 Å². The molecule has 1 atom stereocenters. The standard InChI is InChI=1S/C56H71N3O/c1-15-58-47-27-17-38(3)35-45(47)55(11,12)49(58)29-23-41-21-22-42(24-30-50-56(13,14)46-36-39(4)18-28-48(46)59(50)16-2)51(41)60-52(54(8,9)10)43-31-33-57(34-32-43)37-40-19-25-44(26-20-40)53(5,6)7/h17-20,23-36,52H,15-16,21-22,37H2,1-14H3/q+2.